The number of nitrogens with one attached hydrogen (secondary N) is 1. The smallest absolute Gasteiger partial charge is 0.228 e. The summed E-state index contributed by atoms with van der Waals surface area (Å²) < 4.78 is 0. The van der Waals surface area contributed by atoms with Crippen molar-refractivity contribution in [1.82, 2.24) is 15.1 Å². The molecule has 1 N–H and O–H groups in total. The Morgan fingerprint density at radius 2 is 2.18 bits per heavy atom. The van der Waals surface area contributed by atoms with Gasteiger partial charge in [0.15, 0.2) is 0 Å². The molecule has 0 spiro atoms. The van der Waals surface area contributed by atoms with E-state index >= 15 is 0 Å². The second-order valence-electron chi connectivity index (χ2n) is 4.94. The van der Waals surface area contributed by atoms with Crippen molar-refractivity contribution in [1.29, 1.82) is 0 Å². The summed E-state index contributed by atoms with van der Waals surface area (Å²) in [6.07, 6.45) is 0.337. The monoisotopic (exact) mass is 241 g/mol. The molecule has 2 atom stereocenters. The van der Waals surface area contributed by atoms with Gasteiger partial charge < -0.3 is 15.1 Å². The standard InChI is InChI=1S/C12H23N3O2/c1-5-15(9(2)8-14(3)4)12(17)10-6-11(16)13-7-10/h9-10H,5-8H2,1-4H3,(H,13,16). The molecule has 5 heteroatoms. The van der Waals surface area contributed by atoms with Crippen molar-refractivity contribution >= 4 is 11.8 Å². The Balaban J connectivity index is 2.60. The molecule has 5 nitrogen and oxygen atoms in total. The lowest BCUT2D eigenvalue weighted by Crippen LogP contribution is -2.46. The zero-order chi connectivity index (χ0) is 13.0. The largest absolute Gasteiger partial charge is 0.355 e. The lowest BCUT2D eigenvalue weighted by Gasteiger charge is -2.31. The third-order valence-corrected chi connectivity index (χ3v) is 3.11. The van der Waals surface area contributed by atoms with Crippen LogP contribution in [0.15, 0.2) is 0 Å². The van der Waals surface area contributed by atoms with Crippen molar-refractivity contribution in [3.63, 3.8) is 0 Å². The van der Waals surface area contributed by atoms with E-state index in [9.17, 15) is 9.59 Å². The number of amides is 2. The number of rotatable bonds is 5. The van der Waals surface area contributed by atoms with Crippen molar-refractivity contribution in [2.75, 3.05) is 33.7 Å². The van der Waals surface area contributed by atoms with Crippen LogP contribution >= 0.6 is 0 Å². The quantitative estimate of drug-likeness (QED) is 0.732. The van der Waals surface area contributed by atoms with Crippen molar-refractivity contribution in [3.05, 3.63) is 0 Å². The third kappa shape index (κ3) is 3.70. The minimum atomic E-state index is -0.174. The predicted octanol–water partition coefficient (Wildman–Crippen LogP) is -0.0789. The van der Waals surface area contributed by atoms with Gasteiger partial charge in [0, 0.05) is 32.1 Å². The highest BCUT2D eigenvalue weighted by molar-refractivity contribution is 5.89. The third-order valence-electron chi connectivity index (χ3n) is 3.11. The van der Waals surface area contributed by atoms with Crippen molar-refractivity contribution < 1.29 is 9.59 Å². The topological polar surface area (TPSA) is 52.7 Å². The molecule has 1 aliphatic rings. The molecule has 0 bridgehead atoms. The number of carbonyl (C=O) groups excluding carboxylic acids is 2. The first-order valence-corrected chi connectivity index (χ1v) is 6.17. The Bertz CT molecular complexity index is 291. The first kappa shape index (κ1) is 14.0. The van der Waals surface area contributed by atoms with Gasteiger partial charge in [-0.3, -0.25) is 9.59 Å². The van der Waals surface area contributed by atoms with E-state index in [4.69, 9.17) is 0 Å². The predicted molar refractivity (Wildman–Crippen MR) is 66.5 cm³/mol. The molecular formula is C12H23N3O2. The maximum atomic E-state index is 12.3. The van der Waals surface area contributed by atoms with E-state index in [2.05, 4.69) is 10.2 Å². The second kappa shape index (κ2) is 6.00. The molecule has 0 aromatic carbocycles. The van der Waals surface area contributed by atoms with Gasteiger partial charge in [-0.2, -0.15) is 0 Å². The second-order valence-corrected chi connectivity index (χ2v) is 4.94. The average molecular weight is 241 g/mol. The Labute approximate surface area is 103 Å². The Morgan fingerprint density at radius 3 is 2.59 bits per heavy atom. The highest BCUT2D eigenvalue weighted by Gasteiger charge is 2.32. The van der Waals surface area contributed by atoms with E-state index in [1.807, 2.05) is 32.8 Å². The van der Waals surface area contributed by atoms with Crippen LogP contribution in [0.2, 0.25) is 0 Å². The highest BCUT2D eigenvalue weighted by Crippen LogP contribution is 2.14. The molecule has 2 unspecified atom stereocenters. The molecule has 17 heavy (non-hydrogen) atoms. The van der Waals surface area contributed by atoms with Crippen LogP contribution in [0.3, 0.4) is 0 Å². The molecule has 0 aromatic heterocycles. The number of hydrogen-bond acceptors (Lipinski definition) is 3. The van der Waals surface area contributed by atoms with Crippen LogP contribution in [-0.4, -0.2) is 61.4 Å². The van der Waals surface area contributed by atoms with E-state index in [0.29, 0.717) is 19.5 Å². The summed E-state index contributed by atoms with van der Waals surface area (Å²) in [5.74, 6) is -0.0908. The van der Waals surface area contributed by atoms with Crippen LogP contribution in [0.4, 0.5) is 0 Å². The zero-order valence-corrected chi connectivity index (χ0v) is 11.2. The van der Waals surface area contributed by atoms with Gasteiger partial charge in [-0.25, -0.2) is 0 Å². The zero-order valence-electron chi connectivity index (χ0n) is 11.2. The van der Waals surface area contributed by atoms with Gasteiger partial charge in [0.25, 0.3) is 0 Å². The number of likely N-dealkylation sites (N-methyl/N-ethyl adjacent to an activating group) is 2. The first-order valence-electron chi connectivity index (χ1n) is 6.17. The summed E-state index contributed by atoms with van der Waals surface area (Å²) in [5.41, 5.74) is 0. The maximum Gasteiger partial charge on any atom is 0.228 e. The van der Waals surface area contributed by atoms with Crippen LogP contribution in [0.5, 0.6) is 0 Å². The first-order chi connectivity index (χ1) is 7.95. The van der Waals surface area contributed by atoms with Crippen LogP contribution in [-0.2, 0) is 9.59 Å². The fourth-order valence-corrected chi connectivity index (χ4v) is 2.33. The van der Waals surface area contributed by atoms with Crippen LogP contribution < -0.4 is 5.32 Å². The summed E-state index contributed by atoms with van der Waals surface area (Å²) in [4.78, 5) is 27.3. The number of carbonyl (C=O) groups is 2. The van der Waals surface area contributed by atoms with Gasteiger partial charge in [0.1, 0.15) is 0 Å². The Morgan fingerprint density at radius 1 is 1.53 bits per heavy atom. The molecular weight excluding hydrogens is 218 g/mol. The van der Waals surface area contributed by atoms with E-state index in [1.165, 1.54) is 0 Å². The van der Waals surface area contributed by atoms with Crippen molar-refractivity contribution in [2.45, 2.75) is 26.3 Å². The van der Waals surface area contributed by atoms with E-state index in [0.717, 1.165) is 6.54 Å². The summed E-state index contributed by atoms with van der Waals surface area (Å²) in [7, 11) is 3.99. The lowest BCUT2D eigenvalue weighted by atomic mass is 10.1. The highest BCUT2D eigenvalue weighted by atomic mass is 16.2. The Hall–Kier alpha value is -1.10. The normalized spacial score (nSPS) is 21.5. The molecule has 1 rings (SSSR count). The fourth-order valence-electron chi connectivity index (χ4n) is 2.33. The van der Waals surface area contributed by atoms with E-state index in [1.54, 1.807) is 0 Å². The van der Waals surface area contributed by atoms with Gasteiger partial charge in [-0.15, -0.1) is 0 Å². The molecule has 1 heterocycles. The van der Waals surface area contributed by atoms with Crippen LogP contribution in [0.25, 0.3) is 0 Å². The average Bonchev–Trinajstić information content (AvgIpc) is 2.64. The number of hydrogen-bond donors (Lipinski definition) is 1. The van der Waals surface area contributed by atoms with Gasteiger partial charge >= 0.3 is 0 Å². The number of nitrogens with zero attached hydrogens (tertiary/aromatic N) is 2. The molecule has 0 aliphatic carbocycles. The van der Waals surface area contributed by atoms with Gasteiger partial charge in [-0.1, -0.05) is 0 Å². The summed E-state index contributed by atoms with van der Waals surface area (Å²) in [6.45, 7) is 6.05. The Kier molecular flexibility index (Phi) is 4.93. The molecule has 2 amide bonds. The molecule has 1 saturated heterocycles. The molecule has 0 aromatic rings. The van der Waals surface area contributed by atoms with Crippen molar-refractivity contribution in [2.24, 2.45) is 5.92 Å². The van der Waals surface area contributed by atoms with Gasteiger partial charge in [0.2, 0.25) is 11.8 Å². The SMILES string of the molecule is CCN(C(=O)C1CNC(=O)C1)C(C)CN(C)C. The van der Waals surface area contributed by atoms with Crippen molar-refractivity contribution in [3.8, 4) is 0 Å². The summed E-state index contributed by atoms with van der Waals surface area (Å²) >= 11 is 0. The molecule has 0 saturated carbocycles. The van der Waals surface area contributed by atoms with Gasteiger partial charge in [0.05, 0.1) is 5.92 Å². The molecule has 1 fully saturated rings. The van der Waals surface area contributed by atoms with Crippen LogP contribution in [0.1, 0.15) is 20.3 Å². The van der Waals surface area contributed by atoms with E-state index < -0.39 is 0 Å². The summed E-state index contributed by atoms with van der Waals surface area (Å²) in [5, 5.41) is 2.71. The molecule has 98 valence electrons. The lowest BCUT2D eigenvalue weighted by molar-refractivity contribution is -0.137. The molecule has 1 aliphatic heterocycles. The fraction of sp³-hybridized carbons (Fsp3) is 0.833. The van der Waals surface area contributed by atoms with E-state index in [-0.39, 0.29) is 23.8 Å². The van der Waals surface area contributed by atoms with Gasteiger partial charge in [-0.05, 0) is 27.9 Å². The van der Waals surface area contributed by atoms with Crippen LogP contribution in [0, 0.1) is 5.92 Å². The minimum absolute atomic E-state index is 0.0142. The summed E-state index contributed by atoms with van der Waals surface area (Å²) in [6, 6.07) is 0.179. The maximum absolute atomic E-state index is 12.3. The minimum Gasteiger partial charge on any atom is -0.355 e. The molecule has 0 radical (unpaired) electrons.